The fourth-order valence-corrected chi connectivity index (χ4v) is 3.56. The highest BCUT2D eigenvalue weighted by atomic mass is 35.5. The fraction of sp³-hybridized carbons (Fsp3) is 0.600. The number of nitrogens with one attached hydrogen (secondary N) is 1. The van der Waals surface area contributed by atoms with Crippen molar-refractivity contribution in [1.82, 2.24) is 10.2 Å². The summed E-state index contributed by atoms with van der Waals surface area (Å²) in [6.45, 7) is 8.07. The highest BCUT2D eigenvalue weighted by molar-refractivity contribution is 7.16. The molecule has 6 heteroatoms. The van der Waals surface area contributed by atoms with Crippen LogP contribution in [0.25, 0.3) is 0 Å². The van der Waals surface area contributed by atoms with E-state index in [0.717, 1.165) is 4.88 Å². The van der Waals surface area contributed by atoms with Gasteiger partial charge in [-0.1, -0.05) is 25.4 Å². The second-order valence-corrected chi connectivity index (χ2v) is 8.14. The standard InChI is InChI=1S/C15H21ClN2O2S/c1-9(2)7-11-13(19)18(15(3,4)14(20)17-11)8-10-5-6-12(16)21-10/h5-6,9,11H,7-8H2,1-4H3,(H,17,20). The third-order valence-electron chi connectivity index (χ3n) is 3.75. The summed E-state index contributed by atoms with van der Waals surface area (Å²) in [6, 6.07) is 3.29. The van der Waals surface area contributed by atoms with E-state index in [1.165, 1.54) is 11.3 Å². The maximum atomic E-state index is 12.7. The summed E-state index contributed by atoms with van der Waals surface area (Å²) >= 11 is 7.39. The Kier molecular flexibility index (Phi) is 4.63. The number of halogens is 1. The first-order valence-corrected chi connectivity index (χ1v) is 8.28. The summed E-state index contributed by atoms with van der Waals surface area (Å²) in [5.74, 6) is 0.228. The third kappa shape index (κ3) is 3.40. The Labute approximate surface area is 134 Å². The molecule has 21 heavy (non-hydrogen) atoms. The van der Waals surface area contributed by atoms with Gasteiger partial charge in [0.15, 0.2) is 0 Å². The van der Waals surface area contributed by atoms with E-state index < -0.39 is 11.6 Å². The van der Waals surface area contributed by atoms with Gasteiger partial charge in [0.2, 0.25) is 11.8 Å². The van der Waals surface area contributed by atoms with E-state index in [9.17, 15) is 9.59 Å². The lowest BCUT2D eigenvalue weighted by Crippen LogP contribution is -2.68. The lowest BCUT2D eigenvalue weighted by molar-refractivity contribution is -0.156. The Hall–Kier alpha value is -1.07. The van der Waals surface area contributed by atoms with Crippen LogP contribution >= 0.6 is 22.9 Å². The van der Waals surface area contributed by atoms with Gasteiger partial charge >= 0.3 is 0 Å². The lowest BCUT2D eigenvalue weighted by atomic mass is 9.92. The number of hydrogen-bond acceptors (Lipinski definition) is 3. The summed E-state index contributed by atoms with van der Waals surface area (Å²) in [5.41, 5.74) is -0.846. The molecular weight excluding hydrogens is 308 g/mol. The maximum absolute atomic E-state index is 12.7. The van der Waals surface area contributed by atoms with Crippen molar-refractivity contribution in [3.8, 4) is 0 Å². The van der Waals surface area contributed by atoms with E-state index in [2.05, 4.69) is 5.32 Å². The molecule has 1 aliphatic heterocycles. The van der Waals surface area contributed by atoms with Crippen LogP contribution in [0.5, 0.6) is 0 Å². The van der Waals surface area contributed by atoms with Crippen molar-refractivity contribution in [2.24, 2.45) is 5.92 Å². The molecule has 0 radical (unpaired) electrons. The summed E-state index contributed by atoms with van der Waals surface area (Å²) in [7, 11) is 0. The van der Waals surface area contributed by atoms with Crippen LogP contribution in [-0.2, 0) is 16.1 Å². The van der Waals surface area contributed by atoms with E-state index in [1.807, 2.05) is 26.0 Å². The SMILES string of the molecule is CC(C)CC1NC(=O)C(C)(C)N(Cc2ccc(Cl)s2)C1=O. The Morgan fingerprint density at radius 2 is 2.05 bits per heavy atom. The second-order valence-electron chi connectivity index (χ2n) is 6.34. The van der Waals surface area contributed by atoms with Crippen molar-refractivity contribution in [3.05, 3.63) is 21.3 Å². The van der Waals surface area contributed by atoms with Gasteiger partial charge in [0, 0.05) is 4.88 Å². The van der Waals surface area contributed by atoms with E-state index in [-0.39, 0.29) is 11.8 Å². The minimum absolute atomic E-state index is 0.0159. The molecule has 0 aliphatic carbocycles. The van der Waals surface area contributed by atoms with Crippen molar-refractivity contribution in [3.63, 3.8) is 0 Å². The van der Waals surface area contributed by atoms with E-state index in [1.54, 1.807) is 18.7 Å². The normalized spacial score (nSPS) is 21.8. The number of thiophene rings is 1. The highest BCUT2D eigenvalue weighted by Gasteiger charge is 2.46. The number of carbonyl (C=O) groups is 2. The molecule has 1 atom stereocenters. The van der Waals surface area contributed by atoms with Crippen LogP contribution in [0.4, 0.5) is 0 Å². The zero-order chi connectivity index (χ0) is 15.8. The minimum atomic E-state index is -0.846. The van der Waals surface area contributed by atoms with Gasteiger partial charge < -0.3 is 10.2 Å². The minimum Gasteiger partial charge on any atom is -0.342 e. The van der Waals surface area contributed by atoms with Gasteiger partial charge in [-0.05, 0) is 38.3 Å². The van der Waals surface area contributed by atoms with Crippen LogP contribution in [0.2, 0.25) is 4.34 Å². The second kappa shape index (κ2) is 5.97. The number of carbonyl (C=O) groups excluding carboxylic acids is 2. The largest absolute Gasteiger partial charge is 0.342 e. The molecule has 0 saturated carbocycles. The Morgan fingerprint density at radius 3 is 2.57 bits per heavy atom. The molecule has 1 fully saturated rings. The molecule has 0 aromatic carbocycles. The van der Waals surface area contributed by atoms with Gasteiger partial charge in [-0.15, -0.1) is 11.3 Å². The predicted octanol–water partition coefficient (Wildman–Crippen LogP) is 3.05. The Bertz CT molecular complexity index is 554. The van der Waals surface area contributed by atoms with E-state index in [4.69, 9.17) is 11.6 Å². The van der Waals surface area contributed by atoms with Crippen LogP contribution < -0.4 is 5.32 Å². The summed E-state index contributed by atoms with van der Waals surface area (Å²) in [5, 5.41) is 2.86. The molecule has 2 rings (SSSR count). The molecule has 116 valence electrons. The van der Waals surface area contributed by atoms with Gasteiger partial charge in [0.1, 0.15) is 11.6 Å². The monoisotopic (exact) mass is 328 g/mol. The fourth-order valence-electron chi connectivity index (χ4n) is 2.48. The average Bonchev–Trinajstić information content (AvgIpc) is 2.77. The van der Waals surface area contributed by atoms with Crippen molar-refractivity contribution in [2.45, 2.75) is 52.2 Å². The first kappa shape index (κ1) is 16.3. The van der Waals surface area contributed by atoms with E-state index >= 15 is 0 Å². The summed E-state index contributed by atoms with van der Waals surface area (Å²) in [4.78, 5) is 27.7. The number of rotatable bonds is 4. The van der Waals surface area contributed by atoms with Crippen molar-refractivity contribution in [2.75, 3.05) is 0 Å². The van der Waals surface area contributed by atoms with Gasteiger partial charge in [0.25, 0.3) is 0 Å². The average molecular weight is 329 g/mol. The van der Waals surface area contributed by atoms with Gasteiger partial charge in [0.05, 0.1) is 10.9 Å². The molecule has 2 amide bonds. The molecule has 0 spiro atoms. The zero-order valence-electron chi connectivity index (χ0n) is 12.8. The third-order valence-corrected chi connectivity index (χ3v) is 4.97. The Morgan fingerprint density at radius 1 is 1.38 bits per heavy atom. The molecule has 0 bridgehead atoms. The van der Waals surface area contributed by atoms with Crippen LogP contribution in [0.1, 0.15) is 39.0 Å². The molecule has 1 unspecified atom stereocenters. The zero-order valence-corrected chi connectivity index (χ0v) is 14.3. The van der Waals surface area contributed by atoms with Gasteiger partial charge in [-0.3, -0.25) is 9.59 Å². The summed E-state index contributed by atoms with van der Waals surface area (Å²) in [6.07, 6.45) is 0.655. The van der Waals surface area contributed by atoms with Crippen LogP contribution in [0.15, 0.2) is 12.1 Å². The summed E-state index contributed by atoms with van der Waals surface area (Å²) < 4.78 is 0.690. The number of piperazine rings is 1. The molecule has 1 saturated heterocycles. The van der Waals surface area contributed by atoms with E-state index in [0.29, 0.717) is 23.2 Å². The van der Waals surface area contributed by atoms with Crippen LogP contribution in [-0.4, -0.2) is 28.3 Å². The topological polar surface area (TPSA) is 49.4 Å². The van der Waals surface area contributed by atoms with Gasteiger partial charge in [-0.2, -0.15) is 0 Å². The number of nitrogens with zero attached hydrogens (tertiary/aromatic N) is 1. The maximum Gasteiger partial charge on any atom is 0.246 e. The molecule has 2 heterocycles. The molecule has 1 aromatic rings. The molecule has 1 aliphatic rings. The number of hydrogen-bond donors (Lipinski definition) is 1. The number of amides is 2. The van der Waals surface area contributed by atoms with Crippen molar-refractivity contribution in [1.29, 1.82) is 0 Å². The Balaban J connectivity index is 2.24. The first-order chi connectivity index (χ1) is 9.71. The smallest absolute Gasteiger partial charge is 0.246 e. The van der Waals surface area contributed by atoms with Gasteiger partial charge in [-0.25, -0.2) is 0 Å². The van der Waals surface area contributed by atoms with Crippen LogP contribution in [0.3, 0.4) is 0 Å². The first-order valence-electron chi connectivity index (χ1n) is 7.08. The molecule has 1 aromatic heterocycles. The van der Waals surface area contributed by atoms with Crippen molar-refractivity contribution < 1.29 is 9.59 Å². The lowest BCUT2D eigenvalue weighted by Gasteiger charge is -2.44. The van der Waals surface area contributed by atoms with Crippen LogP contribution in [0, 0.1) is 5.92 Å². The molecular formula is C15H21ClN2O2S. The highest BCUT2D eigenvalue weighted by Crippen LogP contribution is 2.29. The predicted molar refractivity (Wildman–Crippen MR) is 85.3 cm³/mol. The quantitative estimate of drug-likeness (QED) is 0.923. The molecule has 4 nitrogen and oxygen atoms in total. The molecule has 1 N–H and O–H groups in total. The van der Waals surface area contributed by atoms with Crippen molar-refractivity contribution >= 4 is 34.8 Å².